The van der Waals surface area contributed by atoms with E-state index < -0.39 is 0 Å². The Morgan fingerprint density at radius 1 is 1.56 bits per heavy atom. The fraction of sp³-hybridized carbons (Fsp3) is 0.167. The lowest BCUT2D eigenvalue weighted by Crippen LogP contribution is -2.13. The summed E-state index contributed by atoms with van der Waals surface area (Å²) in [5.74, 6) is 0.0374. The molecule has 1 atom stereocenters. The minimum atomic E-state index is -0.329. The van der Waals surface area contributed by atoms with Gasteiger partial charge in [-0.2, -0.15) is 0 Å². The van der Waals surface area contributed by atoms with Crippen LogP contribution >= 0.6 is 22.6 Å². The van der Waals surface area contributed by atoms with Crippen LogP contribution in [0.3, 0.4) is 0 Å². The number of hydrogen-bond acceptors (Lipinski definition) is 4. The van der Waals surface area contributed by atoms with E-state index in [2.05, 4.69) is 32.9 Å². The van der Waals surface area contributed by atoms with Crippen molar-refractivity contribution >= 4 is 34.2 Å². The van der Waals surface area contributed by atoms with Gasteiger partial charge in [0.05, 0.1) is 6.04 Å². The summed E-state index contributed by atoms with van der Waals surface area (Å²) in [4.78, 5) is 15.9. The molecule has 0 spiro atoms. The van der Waals surface area contributed by atoms with Crippen molar-refractivity contribution in [2.45, 2.75) is 13.0 Å². The third-order valence-electron chi connectivity index (χ3n) is 2.23. The number of carbonyl (C=O) groups is 1. The zero-order chi connectivity index (χ0) is 13.1. The smallest absolute Gasteiger partial charge is 0.277 e. The van der Waals surface area contributed by atoms with E-state index in [-0.39, 0.29) is 17.6 Å². The van der Waals surface area contributed by atoms with E-state index in [4.69, 9.17) is 10.2 Å². The van der Waals surface area contributed by atoms with E-state index in [1.54, 1.807) is 6.92 Å². The number of nitrogens with one attached hydrogen (secondary N) is 1. The van der Waals surface area contributed by atoms with Crippen molar-refractivity contribution in [1.82, 2.24) is 4.98 Å². The molecule has 0 saturated heterocycles. The quantitative estimate of drug-likeness (QED) is 0.828. The number of anilines is 1. The molecule has 0 bridgehead atoms. The zero-order valence-corrected chi connectivity index (χ0v) is 11.8. The van der Waals surface area contributed by atoms with E-state index in [0.29, 0.717) is 5.89 Å². The summed E-state index contributed by atoms with van der Waals surface area (Å²) in [6, 6.07) is 7.16. The van der Waals surface area contributed by atoms with Gasteiger partial charge in [0.1, 0.15) is 6.26 Å². The van der Waals surface area contributed by atoms with Crippen LogP contribution in [0.1, 0.15) is 29.3 Å². The van der Waals surface area contributed by atoms with Crippen LogP contribution in [0.5, 0.6) is 0 Å². The lowest BCUT2D eigenvalue weighted by atomic mass is 10.3. The molecule has 6 heteroatoms. The van der Waals surface area contributed by atoms with Crippen molar-refractivity contribution in [1.29, 1.82) is 0 Å². The second-order valence-electron chi connectivity index (χ2n) is 3.82. The molecule has 18 heavy (non-hydrogen) atoms. The Hall–Kier alpha value is -1.41. The highest BCUT2D eigenvalue weighted by molar-refractivity contribution is 14.1. The van der Waals surface area contributed by atoms with Crippen LogP contribution in [0, 0.1) is 3.57 Å². The van der Waals surface area contributed by atoms with Gasteiger partial charge in [0.25, 0.3) is 5.91 Å². The number of nitrogens with zero attached hydrogens (tertiary/aromatic N) is 1. The summed E-state index contributed by atoms with van der Waals surface area (Å²) in [6.45, 7) is 1.74. The molecular formula is C12H12IN3O2. The summed E-state index contributed by atoms with van der Waals surface area (Å²) in [7, 11) is 0. The molecular weight excluding hydrogens is 345 g/mol. The first kappa shape index (κ1) is 13.0. The van der Waals surface area contributed by atoms with Gasteiger partial charge in [-0.3, -0.25) is 4.79 Å². The van der Waals surface area contributed by atoms with Gasteiger partial charge in [0.15, 0.2) is 5.69 Å². The summed E-state index contributed by atoms with van der Waals surface area (Å²) >= 11 is 2.18. The average molecular weight is 357 g/mol. The van der Waals surface area contributed by atoms with E-state index in [0.717, 1.165) is 9.26 Å². The minimum Gasteiger partial charge on any atom is -0.446 e. The first-order valence-corrected chi connectivity index (χ1v) is 6.42. The first-order valence-electron chi connectivity index (χ1n) is 5.34. The highest BCUT2D eigenvalue weighted by Gasteiger charge is 2.14. The van der Waals surface area contributed by atoms with Gasteiger partial charge in [-0.1, -0.05) is 6.07 Å². The van der Waals surface area contributed by atoms with Crippen molar-refractivity contribution in [2.75, 3.05) is 5.32 Å². The third kappa shape index (κ3) is 3.08. The van der Waals surface area contributed by atoms with Gasteiger partial charge < -0.3 is 15.5 Å². The number of halogens is 1. The first-order chi connectivity index (χ1) is 8.56. The maximum Gasteiger partial charge on any atom is 0.277 e. The zero-order valence-electron chi connectivity index (χ0n) is 9.68. The molecule has 0 fully saturated rings. The van der Waals surface area contributed by atoms with Crippen molar-refractivity contribution in [3.63, 3.8) is 0 Å². The summed E-state index contributed by atoms with van der Waals surface area (Å²) in [5, 5.41) is 2.74. The molecule has 1 amide bonds. The van der Waals surface area contributed by atoms with E-state index in [1.807, 2.05) is 24.3 Å². The standard InChI is InChI=1S/C12H12IN3O2/c1-7(14)12-16-10(6-18-12)11(17)15-9-4-2-3-8(13)5-9/h2-7H,14H2,1H3,(H,15,17). The lowest BCUT2D eigenvalue weighted by Gasteiger charge is -2.02. The Balaban J connectivity index is 2.12. The molecule has 1 unspecified atom stereocenters. The maximum absolute atomic E-state index is 11.9. The summed E-state index contributed by atoms with van der Waals surface area (Å²) in [6.07, 6.45) is 1.31. The average Bonchev–Trinajstić information content (AvgIpc) is 2.78. The van der Waals surface area contributed by atoms with Crippen LogP contribution in [-0.2, 0) is 0 Å². The predicted octanol–water partition coefficient (Wildman–Crippen LogP) is 2.55. The highest BCUT2D eigenvalue weighted by Crippen LogP contribution is 2.14. The Morgan fingerprint density at radius 2 is 2.33 bits per heavy atom. The highest BCUT2D eigenvalue weighted by atomic mass is 127. The van der Waals surface area contributed by atoms with Gasteiger partial charge in [0.2, 0.25) is 5.89 Å². The van der Waals surface area contributed by atoms with Gasteiger partial charge in [-0.25, -0.2) is 4.98 Å². The molecule has 0 radical (unpaired) electrons. The third-order valence-corrected chi connectivity index (χ3v) is 2.90. The van der Waals surface area contributed by atoms with E-state index in [1.165, 1.54) is 6.26 Å². The van der Waals surface area contributed by atoms with E-state index in [9.17, 15) is 4.79 Å². The lowest BCUT2D eigenvalue weighted by molar-refractivity contribution is 0.102. The van der Waals surface area contributed by atoms with E-state index >= 15 is 0 Å². The number of benzene rings is 1. The SMILES string of the molecule is CC(N)c1nc(C(=O)Nc2cccc(I)c2)co1. The van der Waals surface area contributed by atoms with Crippen molar-refractivity contribution in [2.24, 2.45) is 5.73 Å². The molecule has 1 aromatic heterocycles. The minimum absolute atomic E-state index is 0.223. The van der Waals surface area contributed by atoms with Gasteiger partial charge >= 0.3 is 0 Å². The number of hydrogen-bond donors (Lipinski definition) is 2. The molecule has 0 saturated carbocycles. The molecule has 0 aliphatic carbocycles. The molecule has 94 valence electrons. The van der Waals surface area contributed by atoms with Crippen molar-refractivity contribution in [3.05, 3.63) is 45.7 Å². The normalized spacial score (nSPS) is 12.2. The van der Waals surface area contributed by atoms with Crippen molar-refractivity contribution in [3.8, 4) is 0 Å². The largest absolute Gasteiger partial charge is 0.446 e. The number of amides is 1. The monoisotopic (exact) mass is 357 g/mol. The predicted molar refractivity (Wildman–Crippen MR) is 76.2 cm³/mol. The molecule has 2 aromatic rings. The molecule has 0 aliphatic rings. The Bertz CT molecular complexity index is 566. The molecule has 3 N–H and O–H groups in total. The van der Waals surface area contributed by atoms with Crippen LogP contribution in [0.4, 0.5) is 5.69 Å². The van der Waals surface area contributed by atoms with Crippen LogP contribution in [0.2, 0.25) is 0 Å². The number of carbonyl (C=O) groups excluding carboxylic acids is 1. The van der Waals surface area contributed by atoms with Crippen molar-refractivity contribution < 1.29 is 9.21 Å². The topological polar surface area (TPSA) is 81.1 Å². The van der Waals surface area contributed by atoms with Gasteiger partial charge in [-0.15, -0.1) is 0 Å². The van der Waals surface area contributed by atoms with Gasteiger partial charge in [-0.05, 0) is 47.7 Å². The Morgan fingerprint density at radius 3 is 2.94 bits per heavy atom. The maximum atomic E-state index is 11.9. The number of oxazole rings is 1. The summed E-state index contributed by atoms with van der Waals surface area (Å²) < 4.78 is 6.15. The second kappa shape index (κ2) is 5.49. The van der Waals surface area contributed by atoms with Crippen LogP contribution in [0.25, 0.3) is 0 Å². The summed E-state index contributed by atoms with van der Waals surface area (Å²) in [5.41, 5.74) is 6.55. The molecule has 0 aliphatic heterocycles. The fourth-order valence-electron chi connectivity index (χ4n) is 1.36. The molecule has 1 aromatic carbocycles. The van der Waals surface area contributed by atoms with Crippen LogP contribution < -0.4 is 11.1 Å². The number of aromatic nitrogens is 1. The van der Waals surface area contributed by atoms with Gasteiger partial charge in [0, 0.05) is 9.26 Å². The molecule has 5 nitrogen and oxygen atoms in total. The molecule has 1 heterocycles. The van der Waals surface area contributed by atoms with Crippen LogP contribution in [-0.4, -0.2) is 10.9 Å². The Kier molecular flexibility index (Phi) is 3.97. The number of nitrogens with two attached hydrogens (primary N) is 1. The molecule has 2 rings (SSSR count). The second-order valence-corrected chi connectivity index (χ2v) is 5.07. The Labute approximate surface area is 118 Å². The fourth-order valence-corrected chi connectivity index (χ4v) is 1.91. The number of rotatable bonds is 3. The van der Waals surface area contributed by atoms with Crippen LogP contribution in [0.15, 0.2) is 34.9 Å².